The van der Waals surface area contributed by atoms with Crippen LogP contribution in [0.3, 0.4) is 0 Å². The Labute approximate surface area is 152 Å². The molecule has 0 bridgehead atoms. The number of fused-ring (bicyclic) bond motifs is 1. The fraction of sp³-hybridized carbons (Fsp3) is 0.350. The van der Waals surface area contributed by atoms with Crippen molar-refractivity contribution in [1.29, 1.82) is 0 Å². The number of nitrogens with one attached hydrogen (secondary N) is 1. The van der Waals surface area contributed by atoms with Crippen molar-refractivity contribution in [1.82, 2.24) is 0 Å². The standard InChI is InChI=1S/C20H23NO3S/c1-15(25-13-5-8-16-6-3-2-4-7-16)20(22)21-17-9-10-18-19(14-17)24-12-11-23-18/h2-4,6-7,9-10,14-15H,5,8,11-13H2,1H3,(H,21,22)/t15-/m1/s1. The zero-order valence-electron chi connectivity index (χ0n) is 14.4. The van der Waals surface area contributed by atoms with Crippen LogP contribution in [0.4, 0.5) is 5.69 Å². The van der Waals surface area contributed by atoms with Crippen LogP contribution in [-0.4, -0.2) is 30.1 Å². The van der Waals surface area contributed by atoms with Gasteiger partial charge in [-0.2, -0.15) is 0 Å². The van der Waals surface area contributed by atoms with Gasteiger partial charge in [0.05, 0.1) is 5.25 Å². The lowest BCUT2D eigenvalue weighted by Gasteiger charge is -2.19. The molecule has 1 atom stereocenters. The molecule has 0 aromatic heterocycles. The molecule has 1 aliphatic rings. The minimum Gasteiger partial charge on any atom is -0.486 e. The lowest BCUT2D eigenvalue weighted by Crippen LogP contribution is -2.23. The van der Waals surface area contributed by atoms with Crippen molar-refractivity contribution in [2.24, 2.45) is 0 Å². The maximum Gasteiger partial charge on any atom is 0.237 e. The minimum atomic E-state index is -0.0935. The Morgan fingerprint density at radius 3 is 2.68 bits per heavy atom. The normalized spacial score (nSPS) is 14.0. The number of benzene rings is 2. The Morgan fingerprint density at radius 2 is 1.88 bits per heavy atom. The van der Waals surface area contributed by atoms with Crippen molar-refractivity contribution in [3.63, 3.8) is 0 Å². The van der Waals surface area contributed by atoms with Gasteiger partial charge in [0, 0.05) is 11.8 Å². The number of thioether (sulfide) groups is 1. The van der Waals surface area contributed by atoms with E-state index in [0.29, 0.717) is 19.0 Å². The molecular formula is C20H23NO3S. The predicted molar refractivity (Wildman–Crippen MR) is 103 cm³/mol. The molecule has 132 valence electrons. The summed E-state index contributed by atoms with van der Waals surface area (Å²) < 4.78 is 11.0. The van der Waals surface area contributed by atoms with Gasteiger partial charge in [0.25, 0.3) is 0 Å². The van der Waals surface area contributed by atoms with Crippen molar-refractivity contribution in [3.05, 3.63) is 54.1 Å². The van der Waals surface area contributed by atoms with Crippen LogP contribution >= 0.6 is 11.8 Å². The predicted octanol–water partition coefficient (Wildman–Crippen LogP) is 4.15. The van der Waals surface area contributed by atoms with E-state index in [9.17, 15) is 4.79 Å². The molecule has 4 nitrogen and oxygen atoms in total. The van der Waals surface area contributed by atoms with Crippen LogP contribution < -0.4 is 14.8 Å². The molecule has 1 heterocycles. The highest BCUT2D eigenvalue weighted by Crippen LogP contribution is 2.32. The molecule has 5 heteroatoms. The third-order valence-corrected chi connectivity index (χ3v) is 5.24. The molecule has 1 aliphatic heterocycles. The quantitative estimate of drug-likeness (QED) is 0.756. The first-order chi connectivity index (χ1) is 12.2. The SMILES string of the molecule is C[C@@H](SCCCc1ccccc1)C(=O)Nc1ccc2c(c1)OCCO2. The fourth-order valence-corrected chi connectivity index (χ4v) is 3.50. The van der Waals surface area contributed by atoms with E-state index < -0.39 is 0 Å². The molecule has 0 unspecified atom stereocenters. The second kappa shape index (κ2) is 8.81. The summed E-state index contributed by atoms with van der Waals surface area (Å²) in [6, 6.07) is 15.9. The van der Waals surface area contributed by atoms with Crippen molar-refractivity contribution in [3.8, 4) is 11.5 Å². The monoisotopic (exact) mass is 357 g/mol. The zero-order chi connectivity index (χ0) is 17.5. The average molecular weight is 357 g/mol. The third kappa shape index (κ3) is 5.16. The number of carbonyl (C=O) groups excluding carboxylic acids is 1. The number of carbonyl (C=O) groups is 1. The molecule has 0 aliphatic carbocycles. The number of anilines is 1. The molecule has 2 aromatic carbocycles. The van der Waals surface area contributed by atoms with Crippen molar-refractivity contribution in [2.45, 2.75) is 25.0 Å². The van der Waals surface area contributed by atoms with E-state index in [-0.39, 0.29) is 11.2 Å². The van der Waals surface area contributed by atoms with Gasteiger partial charge in [0.2, 0.25) is 5.91 Å². The van der Waals surface area contributed by atoms with E-state index >= 15 is 0 Å². The van der Waals surface area contributed by atoms with Crippen LogP contribution in [0.1, 0.15) is 18.9 Å². The van der Waals surface area contributed by atoms with Gasteiger partial charge in [-0.3, -0.25) is 4.79 Å². The molecule has 0 fully saturated rings. The van der Waals surface area contributed by atoms with Gasteiger partial charge in [0.1, 0.15) is 13.2 Å². The minimum absolute atomic E-state index is 0.0152. The van der Waals surface area contributed by atoms with Crippen molar-refractivity contribution >= 4 is 23.4 Å². The number of aryl methyl sites for hydroxylation is 1. The van der Waals surface area contributed by atoms with E-state index in [2.05, 4.69) is 29.6 Å². The lowest BCUT2D eigenvalue weighted by molar-refractivity contribution is -0.115. The van der Waals surface area contributed by atoms with E-state index in [1.165, 1.54) is 5.56 Å². The van der Waals surface area contributed by atoms with Gasteiger partial charge in [-0.1, -0.05) is 30.3 Å². The van der Waals surface area contributed by atoms with Crippen LogP contribution in [0.2, 0.25) is 0 Å². The Hall–Kier alpha value is -2.14. The Morgan fingerprint density at radius 1 is 1.12 bits per heavy atom. The van der Waals surface area contributed by atoms with Crippen LogP contribution in [0, 0.1) is 0 Å². The highest BCUT2D eigenvalue weighted by atomic mass is 32.2. The number of ether oxygens (including phenoxy) is 2. The molecular weight excluding hydrogens is 334 g/mol. The smallest absolute Gasteiger partial charge is 0.237 e. The molecule has 25 heavy (non-hydrogen) atoms. The summed E-state index contributed by atoms with van der Waals surface area (Å²) in [5, 5.41) is 2.86. The summed E-state index contributed by atoms with van der Waals surface area (Å²) in [5.74, 6) is 2.39. The van der Waals surface area contributed by atoms with Gasteiger partial charge in [-0.05, 0) is 43.2 Å². The van der Waals surface area contributed by atoms with Gasteiger partial charge in [-0.15, -0.1) is 11.8 Å². The number of amides is 1. The Balaban J connectivity index is 1.43. The van der Waals surface area contributed by atoms with Gasteiger partial charge < -0.3 is 14.8 Å². The summed E-state index contributed by atoms with van der Waals surface area (Å²) >= 11 is 1.68. The Kier molecular flexibility index (Phi) is 6.23. The summed E-state index contributed by atoms with van der Waals surface area (Å²) in [6.07, 6.45) is 2.11. The van der Waals surface area contributed by atoms with Crippen LogP contribution in [0.5, 0.6) is 11.5 Å². The summed E-state index contributed by atoms with van der Waals surface area (Å²) in [7, 11) is 0. The van der Waals surface area contributed by atoms with E-state index in [1.807, 2.05) is 31.2 Å². The maximum atomic E-state index is 12.3. The van der Waals surface area contributed by atoms with Crippen LogP contribution in [0.15, 0.2) is 48.5 Å². The molecule has 0 spiro atoms. The number of rotatable bonds is 7. The largest absolute Gasteiger partial charge is 0.486 e. The number of hydrogen-bond acceptors (Lipinski definition) is 4. The highest BCUT2D eigenvalue weighted by Gasteiger charge is 2.16. The molecule has 3 rings (SSSR count). The van der Waals surface area contributed by atoms with Crippen molar-refractivity contribution in [2.75, 3.05) is 24.3 Å². The van der Waals surface area contributed by atoms with Crippen LogP contribution in [0.25, 0.3) is 0 Å². The molecule has 0 radical (unpaired) electrons. The molecule has 1 amide bonds. The first-order valence-electron chi connectivity index (χ1n) is 8.58. The second-order valence-electron chi connectivity index (χ2n) is 5.95. The fourth-order valence-electron chi connectivity index (χ4n) is 2.62. The molecule has 1 N–H and O–H groups in total. The second-order valence-corrected chi connectivity index (χ2v) is 7.40. The number of hydrogen-bond donors (Lipinski definition) is 1. The van der Waals surface area contributed by atoms with E-state index in [1.54, 1.807) is 11.8 Å². The molecule has 2 aromatic rings. The summed E-state index contributed by atoms with van der Waals surface area (Å²) in [6.45, 7) is 3.05. The zero-order valence-corrected chi connectivity index (χ0v) is 15.2. The lowest BCUT2D eigenvalue weighted by atomic mass is 10.1. The third-order valence-electron chi connectivity index (χ3n) is 4.00. The molecule has 0 saturated heterocycles. The van der Waals surface area contributed by atoms with Gasteiger partial charge in [-0.25, -0.2) is 0 Å². The van der Waals surface area contributed by atoms with E-state index in [4.69, 9.17) is 9.47 Å². The first kappa shape index (κ1) is 17.7. The maximum absolute atomic E-state index is 12.3. The topological polar surface area (TPSA) is 47.6 Å². The summed E-state index contributed by atoms with van der Waals surface area (Å²) in [5.41, 5.74) is 2.09. The highest BCUT2D eigenvalue weighted by molar-refractivity contribution is 8.00. The van der Waals surface area contributed by atoms with Crippen LogP contribution in [-0.2, 0) is 11.2 Å². The van der Waals surface area contributed by atoms with Gasteiger partial charge in [0.15, 0.2) is 11.5 Å². The summed E-state index contributed by atoms with van der Waals surface area (Å²) in [4.78, 5) is 12.3. The Bertz CT molecular complexity index is 705. The first-order valence-corrected chi connectivity index (χ1v) is 9.63. The van der Waals surface area contributed by atoms with Crippen molar-refractivity contribution < 1.29 is 14.3 Å². The van der Waals surface area contributed by atoms with E-state index in [0.717, 1.165) is 30.0 Å². The average Bonchev–Trinajstić information content (AvgIpc) is 2.65. The molecule has 0 saturated carbocycles. The van der Waals surface area contributed by atoms with Gasteiger partial charge >= 0.3 is 0 Å².